The molecule has 0 aliphatic carbocycles. The van der Waals surface area contributed by atoms with Crippen LogP contribution in [0.5, 0.6) is 5.75 Å². The van der Waals surface area contributed by atoms with Gasteiger partial charge in [-0.25, -0.2) is 4.98 Å². The van der Waals surface area contributed by atoms with E-state index in [1.54, 1.807) is 18.3 Å². The van der Waals surface area contributed by atoms with Crippen molar-refractivity contribution in [2.24, 2.45) is 0 Å². The zero-order valence-electron chi connectivity index (χ0n) is 9.10. The molecule has 1 fully saturated rings. The van der Waals surface area contributed by atoms with E-state index in [4.69, 9.17) is 9.47 Å². The lowest BCUT2D eigenvalue weighted by Crippen LogP contribution is -2.46. The average molecular weight is 222 g/mol. The fourth-order valence-corrected chi connectivity index (χ4v) is 1.64. The molecule has 5 heteroatoms. The molecule has 0 saturated carbocycles. The summed E-state index contributed by atoms with van der Waals surface area (Å²) < 4.78 is 10.4. The second-order valence-corrected chi connectivity index (χ2v) is 3.50. The molecule has 0 spiro atoms. The van der Waals surface area contributed by atoms with Gasteiger partial charge in [-0.3, -0.25) is 4.79 Å². The molecular formula is C11H14N2O3. The second-order valence-electron chi connectivity index (χ2n) is 3.50. The topological polar surface area (TPSA) is 60.5 Å². The molecule has 1 aliphatic heterocycles. The van der Waals surface area contributed by atoms with Crippen LogP contribution in [0.2, 0.25) is 0 Å². The van der Waals surface area contributed by atoms with Gasteiger partial charge in [0.2, 0.25) is 5.78 Å². The Labute approximate surface area is 93.8 Å². The lowest BCUT2D eigenvalue weighted by molar-refractivity contribution is 0.0602. The molecule has 0 radical (unpaired) electrons. The molecule has 1 atom stereocenters. The van der Waals surface area contributed by atoms with Gasteiger partial charge >= 0.3 is 0 Å². The Bertz CT molecular complexity index is 375. The highest BCUT2D eigenvalue weighted by molar-refractivity contribution is 6.00. The molecule has 1 N–H and O–H groups in total. The summed E-state index contributed by atoms with van der Waals surface area (Å²) in [4.78, 5) is 16.1. The molecule has 0 bridgehead atoms. The van der Waals surface area contributed by atoms with Crippen molar-refractivity contribution in [1.29, 1.82) is 0 Å². The van der Waals surface area contributed by atoms with Crippen molar-refractivity contribution in [3.05, 3.63) is 24.0 Å². The van der Waals surface area contributed by atoms with Gasteiger partial charge in [0.15, 0.2) is 0 Å². The molecule has 0 amide bonds. The number of nitrogens with zero attached hydrogens (tertiary/aromatic N) is 1. The first-order valence-corrected chi connectivity index (χ1v) is 5.17. The minimum absolute atomic E-state index is 0.0860. The highest BCUT2D eigenvalue weighted by Gasteiger charge is 2.25. The van der Waals surface area contributed by atoms with Crippen molar-refractivity contribution in [2.45, 2.75) is 6.04 Å². The summed E-state index contributed by atoms with van der Waals surface area (Å²) in [7, 11) is 1.53. The third-order valence-corrected chi connectivity index (χ3v) is 2.46. The molecule has 1 unspecified atom stereocenters. The van der Waals surface area contributed by atoms with Crippen LogP contribution < -0.4 is 10.1 Å². The average Bonchev–Trinajstić information content (AvgIpc) is 2.39. The van der Waals surface area contributed by atoms with Gasteiger partial charge in [-0.2, -0.15) is 0 Å². The van der Waals surface area contributed by atoms with Crippen LogP contribution in [-0.4, -0.2) is 43.7 Å². The monoisotopic (exact) mass is 222 g/mol. The number of aromatic nitrogens is 1. The highest BCUT2D eigenvalue weighted by atomic mass is 16.5. The zero-order chi connectivity index (χ0) is 11.4. The van der Waals surface area contributed by atoms with E-state index in [0.717, 1.165) is 0 Å². The van der Waals surface area contributed by atoms with Crippen molar-refractivity contribution in [3.8, 4) is 5.75 Å². The summed E-state index contributed by atoms with van der Waals surface area (Å²) >= 11 is 0. The van der Waals surface area contributed by atoms with Gasteiger partial charge in [-0.05, 0) is 12.1 Å². The number of pyridine rings is 1. The normalized spacial score (nSPS) is 20.4. The number of hydrogen-bond acceptors (Lipinski definition) is 5. The predicted molar refractivity (Wildman–Crippen MR) is 57.7 cm³/mol. The molecule has 1 aromatic rings. The summed E-state index contributed by atoms with van der Waals surface area (Å²) in [5, 5.41) is 3.10. The third-order valence-electron chi connectivity index (χ3n) is 2.46. The Balaban J connectivity index is 2.19. The summed E-state index contributed by atoms with van der Waals surface area (Å²) in [5.41, 5.74) is 0.355. The summed E-state index contributed by atoms with van der Waals surface area (Å²) in [6, 6.07) is 3.14. The summed E-state index contributed by atoms with van der Waals surface area (Å²) in [6.07, 6.45) is 1.58. The number of morpholine rings is 1. The Morgan fingerprint density at radius 3 is 3.25 bits per heavy atom. The predicted octanol–water partition coefficient (Wildman–Crippen LogP) is 0.261. The first-order valence-electron chi connectivity index (χ1n) is 5.17. The van der Waals surface area contributed by atoms with Crippen molar-refractivity contribution in [2.75, 3.05) is 26.9 Å². The molecule has 16 heavy (non-hydrogen) atoms. The third kappa shape index (κ3) is 2.20. The van der Waals surface area contributed by atoms with Crippen LogP contribution >= 0.6 is 0 Å². The van der Waals surface area contributed by atoms with Gasteiger partial charge in [0.25, 0.3) is 0 Å². The SMILES string of the molecule is COc1cccnc1C(=O)C1COCCN1. The fourth-order valence-electron chi connectivity index (χ4n) is 1.64. The van der Waals surface area contributed by atoms with Gasteiger partial charge in [0.05, 0.1) is 26.4 Å². The van der Waals surface area contributed by atoms with Crippen LogP contribution in [-0.2, 0) is 4.74 Å². The second kappa shape index (κ2) is 5.05. The van der Waals surface area contributed by atoms with E-state index in [0.29, 0.717) is 31.2 Å². The Morgan fingerprint density at radius 1 is 1.69 bits per heavy atom. The van der Waals surface area contributed by atoms with E-state index in [1.165, 1.54) is 7.11 Å². The standard InChI is InChI=1S/C11H14N2O3/c1-15-9-3-2-4-13-10(9)11(14)8-7-16-6-5-12-8/h2-4,8,12H,5-7H2,1H3. The largest absolute Gasteiger partial charge is 0.494 e. The van der Waals surface area contributed by atoms with Crippen LogP contribution in [0.3, 0.4) is 0 Å². The van der Waals surface area contributed by atoms with Crippen LogP contribution in [0.4, 0.5) is 0 Å². The lowest BCUT2D eigenvalue weighted by Gasteiger charge is -2.22. The maximum Gasteiger partial charge on any atom is 0.204 e. The Morgan fingerprint density at radius 2 is 2.56 bits per heavy atom. The quantitative estimate of drug-likeness (QED) is 0.743. The number of hydrogen-bond donors (Lipinski definition) is 1. The number of Topliss-reactive ketones (excluding diaryl/α,β-unsaturated/α-hetero) is 1. The minimum atomic E-state index is -0.322. The van der Waals surface area contributed by atoms with E-state index in [-0.39, 0.29) is 11.8 Å². The lowest BCUT2D eigenvalue weighted by atomic mass is 10.1. The molecular weight excluding hydrogens is 208 g/mol. The van der Waals surface area contributed by atoms with E-state index < -0.39 is 0 Å². The summed E-state index contributed by atoms with van der Waals surface area (Å²) in [5.74, 6) is 0.414. The number of nitrogens with one attached hydrogen (secondary N) is 1. The van der Waals surface area contributed by atoms with Crippen LogP contribution in [0.1, 0.15) is 10.5 Å². The van der Waals surface area contributed by atoms with Gasteiger partial charge in [0, 0.05) is 12.7 Å². The smallest absolute Gasteiger partial charge is 0.204 e. The number of carbonyl (C=O) groups excluding carboxylic acids is 1. The number of methoxy groups -OCH3 is 1. The zero-order valence-corrected chi connectivity index (χ0v) is 9.10. The first-order chi connectivity index (χ1) is 7.83. The highest BCUT2D eigenvalue weighted by Crippen LogP contribution is 2.16. The Kier molecular flexibility index (Phi) is 3.48. The van der Waals surface area contributed by atoms with Crippen molar-refractivity contribution < 1.29 is 14.3 Å². The fraction of sp³-hybridized carbons (Fsp3) is 0.455. The molecule has 2 rings (SSSR count). The van der Waals surface area contributed by atoms with E-state index >= 15 is 0 Å². The molecule has 1 saturated heterocycles. The maximum absolute atomic E-state index is 12.1. The molecule has 1 aliphatic rings. The number of ether oxygens (including phenoxy) is 2. The van der Waals surface area contributed by atoms with Crippen molar-refractivity contribution in [3.63, 3.8) is 0 Å². The molecule has 5 nitrogen and oxygen atoms in total. The Hall–Kier alpha value is -1.46. The van der Waals surface area contributed by atoms with E-state index in [9.17, 15) is 4.79 Å². The van der Waals surface area contributed by atoms with Crippen molar-refractivity contribution >= 4 is 5.78 Å². The maximum atomic E-state index is 12.1. The molecule has 2 heterocycles. The van der Waals surface area contributed by atoms with Crippen LogP contribution in [0.15, 0.2) is 18.3 Å². The number of rotatable bonds is 3. The van der Waals surface area contributed by atoms with Gasteiger partial charge in [0.1, 0.15) is 11.4 Å². The number of carbonyl (C=O) groups is 1. The first kappa shape index (κ1) is 11.0. The van der Waals surface area contributed by atoms with Gasteiger partial charge in [-0.15, -0.1) is 0 Å². The van der Waals surface area contributed by atoms with Crippen molar-refractivity contribution in [1.82, 2.24) is 10.3 Å². The summed E-state index contributed by atoms with van der Waals surface area (Å²) in [6.45, 7) is 1.72. The van der Waals surface area contributed by atoms with Gasteiger partial charge < -0.3 is 14.8 Å². The van der Waals surface area contributed by atoms with E-state index in [2.05, 4.69) is 10.3 Å². The minimum Gasteiger partial charge on any atom is -0.494 e. The molecule has 86 valence electrons. The number of ketones is 1. The molecule has 1 aromatic heterocycles. The van der Waals surface area contributed by atoms with Gasteiger partial charge in [-0.1, -0.05) is 0 Å². The van der Waals surface area contributed by atoms with Crippen LogP contribution in [0.25, 0.3) is 0 Å². The molecule has 0 aromatic carbocycles. The van der Waals surface area contributed by atoms with E-state index in [1.807, 2.05) is 0 Å². The van der Waals surface area contributed by atoms with Crippen LogP contribution in [0, 0.1) is 0 Å².